The van der Waals surface area contributed by atoms with E-state index in [0.29, 0.717) is 0 Å². The van der Waals surface area contributed by atoms with Crippen LogP contribution < -0.4 is 0 Å². The molecule has 0 bridgehead atoms. The molecule has 0 saturated carbocycles. The van der Waals surface area contributed by atoms with E-state index in [-0.39, 0.29) is 17.5 Å². The molecule has 2 rings (SSSR count). The van der Waals surface area contributed by atoms with Gasteiger partial charge in [-0.05, 0) is 6.07 Å². The van der Waals surface area contributed by atoms with Crippen molar-refractivity contribution in [3.8, 4) is 0 Å². The predicted octanol–water partition coefficient (Wildman–Crippen LogP) is 3.26. The summed E-state index contributed by atoms with van der Waals surface area (Å²) in [5, 5.41) is 11.1. The molecule has 24 heavy (non-hydrogen) atoms. The van der Waals surface area contributed by atoms with Gasteiger partial charge in [0.1, 0.15) is 5.92 Å². The van der Waals surface area contributed by atoms with E-state index in [9.17, 15) is 24.5 Å². The molecule has 0 aliphatic rings. The maximum absolute atomic E-state index is 12.7. The van der Waals surface area contributed by atoms with Crippen LogP contribution in [0.1, 0.15) is 34.1 Å². The zero-order valence-corrected chi connectivity index (χ0v) is 13.0. The van der Waals surface area contributed by atoms with Crippen LogP contribution >= 0.6 is 0 Å². The number of rotatable bonds is 7. The molecule has 0 spiro atoms. The van der Waals surface area contributed by atoms with Gasteiger partial charge in [0.25, 0.3) is 5.69 Å². The van der Waals surface area contributed by atoms with Gasteiger partial charge in [-0.2, -0.15) is 0 Å². The van der Waals surface area contributed by atoms with Crippen molar-refractivity contribution in [3.63, 3.8) is 0 Å². The van der Waals surface area contributed by atoms with Crippen LogP contribution in [0, 0.1) is 16.0 Å². The van der Waals surface area contributed by atoms with Gasteiger partial charge in [-0.3, -0.25) is 24.5 Å². The smallest absolute Gasteiger partial charge is 0.280 e. The summed E-state index contributed by atoms with van der Waals surface area (Å²) in [5.74, 6) is -3.63. The average molecular weight is 325 g/mol. The highest BCUT2D eigenvalue weighted by molar-refractivity contribution is 6.28. The first-order chi connectivity index (χ1) is 11.5. The summed E-state index contributed by atoms with van der Waals surface area (Å²) in [6, 6.07) is 13.3. The summed E-state index contributed by atoms with van der Waals surface area (Å²) in [6.07, 6.45) is -0.0182. The molecule has 6 heteroatoms. The summed E-state index contributed by atoms with van der Waals surface area (Å²) in [4.78, 5) is 48.0. The predicted molar refractivity (Wildman–Crippen MR) is 87.0 cm³/mol. The Kier molecular flexibility index (Phi) is 5.31. The lowest BCUT2D eigenvalue weighted by atomic mass is 9.85. The Labute approximate surface area is 138 Å². The minimum atomic E-state index is -1.57. The van der Waals surface area contributed by atoms with E-state index in [0.717, 1.165) is 0 Å². The highest BCUT2D eigenvalue weighted by atomic mass is 16.6. The van der Waals surface area contributed by atoms with Crippen LogP contribution in [0.15, 0.2) is 54.6 Å². The number of hydrogen-bond acceptors (Lipinski definition) is 5. The molecule has 0 radical (unpaired) electrons. The number of nitrogens with zero attached hydrogens (tertiary/aromatic N) is 1. The molecule has 6 nitrogen and oxygen atoms in total. The fraction of sp³-hybridized carbons (Fsp3) is 0.167. The van der Waals surface area contributed by atoms with Gasteiger partial charge in [0.05, 0.1) is 10.5 Å². The Morgan fingerprint density at radius 2 is 1.54 bits per heavy atom. The van der Waals surface area contributed by atoms with Crippen LogP contribution in [0.5, 0.6) is 0 Å². The maximum atomic E-state index is 12.7. The Morgan fingerprint density at radius 1 is 0.958 bits per heavy atom. The number of para-hydroxylation sites is 1. The lowest BCUT2D eigenvalue weighted by Gasteiger charge is -2.13. The van der Waals surface area contributed by atoms with Crippen molar-refractivity contribution in [2.24, 2.45) is 5.92 Å². The van der Waals surface area contributed by atoms with E-state index in [1.165, 1.54) is 36.4 Å². The van der Waals surface area contributed by atoms with Crippen LogP contribution in [0.4, 0.5) is 5.69 Å². The number of hydrogen-bond donors (Lipinski definition) is 0. The number of carbonyl (C=O) groups excluding carboxylic acids is 3. The van der Waals surface area contributed by atoms with Gasteiger partial charge < -0.3 is 0 Å². The highest BCUT2D eigenvalue weighted by Crippen LogP contribution is 2.24. The molecule has 1 unspecified atom stereocenters. The van der Waals surface area contributed by atoms with Crippen LogP contribution in [0.2, 0.25) is 0 Å². The lowest BCUT2D eigenvalue weighted by Crippen LogP contribution is -2.32. The molecular weight excluding hydrogens is 310 g/mol. The minimum Gasteiger partial charge on any atom is -0.298 e. The summed E-state index contributed by atoms with van der Waals surface area (Å²) in [5.41, 5.74) is -0.438. The molecule has 1 atom stereocenters. The topological polar surface area (TPSA) is 94.3 Å². The minimum absolute atomic E-state index is 0.0182. The molecule has 0 saturated heterocycles. The molecular formula is C18H15NO5. The van der Waals surface area contributed by atoms with Crippen molar-refractivity contribution < 1.29 is 19.3 Å². The van der Waals surface area contributed by atoms with Crippen molar-refractivity contribution in [2.45, 2.75) is 13.3 Å². The molecule has 0 amide bonds. The number of benzene rings is 2. The zero-order valence-electron chi connectivity index (χ0n) is 13.0. The highest BCUT2D eigenvalue weighted by Gasteiger charge is 2.36. The van der Waals surface area contributed by atoms with Crippen LogP contribution in [0.3, 0.4) is 0 Å². The SMILES string of the molecule is CCC(=O)C(C(=O)c1ccccc1)C(=O)c1ccccc1[N+](=O)[O-]. The standard InChI is InChI=1S/C18H15NO5/c1-2-15(20)16(17(21)12-8-4-3-5-9-12)18(22)13-10-6-7-11-14(13)19(23)24/h3-11,16H,2H2,1H3. The summed E-state index contributed by atoms with van der Waals surface area (Å²) in [6.45, 7) is 1.54. The fourth-order valence-corrected chi connectivity index (χ4v) is 2.38. The summed E-state index contributed by atoms with van der Waals surface area (Å²) >= 11 is 0. The molecule has 2 aromatic carbocycles. The number of nitro benzene ring substituents is 1. The Hall–Kier alpha value is -3.15. The van der Waals surface area contributed by atoms with Crippen LogP contribution in [-0.4, -0.2) is 22.3 Å². The van der Waals surface area contributed by atoms with E-state index >= 15 is 0 Å². The quantitative estimate of drug-likeness (QED) is 0.337. The third kappa shape index (κ3) is 3.43. The van der Waals surface area contributed by atoms with E-state index in [1.807, 2.05) is 0 Å². The van der Waals surface area contributed by atoms with Gasteiger partial charge in [-0.1, -0.05) is 49.4 Å². The number of Topliss-reactive ketones (excluding diaryl/α,β-unsaturated/α-hetero) is 3. The van der Waals surface area contributed by atoms with E-state index in [1.54, 1.807) is 25.1 Å². The van der Waals surface area contributed by atoms with Crippen LogP contribution in [0.25, 0.3) is 0 Å². The van der Waals surface area contributed by atoms with E-state index < -0.39 is 33.9 Å². The second-order valence-corrected chi connectivity index (χ2v) is 5.12. The molecule has 0 aliphatic heterocycles. The Morgan fingerprint density at radius 3 is 2.12 bits per heavy atom. The summed E-state index contributed by atoms with van der Waals surface area (Å²) < 4.78 is 0. The first-order valence-electron chi connectivity index (χ1n) is 7.37. The first-order valence-corrected chi connectivity index (χ1v) is 7.37. The molecule has 0 aromatic heterocycles. The molecule has 0 aliphatic carbocycles. The maximum Gasteiger partial charge on any atom is 0.280 e. The molecule has 0 fully saturated rings. The number of ketones is 3. The third-order valence-electron chi connectivity index (χ3n) is 3.62. The van der Waals surface area contributed by atoms with Crippen LogP contribution in [-0.2, 0) is 4.79 Å². The van der Waals surface area contributed by atoms with Crippen molar-refractivity contribution in [1.29, 1.82) is 0 Å². The van der Waals surface area contributed by atoms with Gasteiger partial charge in [-0.15, -0.1) is 0 Å². The molecule has 2 aromatic rings. The largest absolute Gasteiger partial charge is 0.298 e. The van der Waals surface area contributed by atoms with E-state index in [4.69, 9.17) is 0 Å². The van der Waals surface area contributed by atoms with Gasteiger partial charge in [-0.25, -0.2) is 0 Å². The van der Waals surface area contributed by atoms with Gasteiger partial charge in [0.2, 0.25) is 0 Å². The first kappa shape index (κ1) is 17.2. The lowest BCUT2D eigenvalue weighted by molar-refractivity contribution is -0.385. The normalized spacial score (nSPS) is 11.5. The third-order valence-corrected chi connectivity index (χ3v) is 3.62. The van der Waals surface area contributed by atoms with Gasteiger partial charge in [0.15, 0.2) is 17.3 Å². The monoisotopic (exact) mass is 325 g/mol. The molecule has 122 valence electrons. The van der Waals surface area contributed by atoms with Gasteiger partial charge >= 0.3 is 0 Å². The second kappa shape index (κ2) is 7.41. The Bertz CT molecular complexity index is 798. The van der Waals surface area contributed by atoms with Gasteiger partial charge in [0, 0.05) is 18.1 Å². The van der Waals surface area contributed by atoms with Crippen molar-refractivity contribution >= 4 is 23.0 Å². The van der Waals surface area contributed by atoms with Crippen molar-refractivity contribution in [3.05, 3.63) is 75.8 Å². The van der Waals surface area contributed by atoms with Crippen molar-refractivity contribution in [2.75, 3.05) is 0 Å². The molecule has 0 N–H and O–H groups in total. The number of carbonyl (C=O) groups is 3. The summed E-state index contributed by atoms with van der Waals surface area (Å²) in [7, 11) is 0. The second-order valence-electron chi connectivity index (χ2n) is 5.12. The number of nitro groups is 1. The fourth-order valence-electron chi connectivity index (χ4n) is 2.38. The Balaban J connectivity index is 2.50. The van der Waals surface area contributed by atoms with Crippen molar-refractivity contribution in [1.82, 2.24) is 0 Å². The zero-order chi connectivity index (χ0) is 17.7. The van der Waals surface area contributed by atoms with E-state index in [2.05, 4.69) is 0 Å². The molecule has 0 heterocycles. The average Bonchev–Trinajstić information content (AvgIpc) is 2.62.